The lowest BCUT2D eigenvalue weighted by molar-refractivity contribution is 0.301. The number of aromatic nitrogens is 2. The van der Waals surface area contributed by atoms with Crippen molar-refractivity contribution in [3.05, 3.63) is 26.9 Å². The fraction of sp³-hybridized carbons (Fsp3) is 0.467. The van der Waals surface area contributed by atoms with Gasteiger partial charge in [0.15, 0.2) is 5.82 Å². The highest BCUT2D eigenvalue weighted by atomic mass is 35.5. The molecule has 3 heterocycles. The van der Waals surface area contributed by atoms with E-state index in [1.165, 1.54) is 4.57 Å². The van der Waals surface area contributed by atoms with Crippen LogP contribution in [0.2, 0.25) is 5.02 Å². The molecule has 1 atom stereocenters. The van der Waals surface area contributed by atoms with E-state index < -0.39 is 11.5 Å². The van der Waals surface area contributed by atoms with Gasteiger partial charge in [-0.05, 0) is 14.0 Å². The number of nitrogens with zero attached hydrogens (tertiary/aromatic N) is 4. The van der Waals surface area contributed by atoms with Crippen molar-refractivity contribution < 1.29 is 4.39 Å². The van der Waals surface area contributed by atoms with E-state index in [4.69, 9.17) is 11.6 Å². The summed E-state index contributed by atoms with van der Waals surface area (Å²) in [6.07, 6.45) is 0. The van der Waals surface area contributed by atoms with Crippen LogP contribution in [0, 0.1) is 12.7 Å². The van der Waals surface area contributed by atoms with Crippen LogP contribution in [0.5, 0.6) is 0 Å². The van der Waals surface area contributed by atoms with E-state index in [1.54, 1.807) is 35.6 Å². The van der Waals surface area contributed by atoms with Crippen LogP contribution in [0.1, 0.15) is 5.56 Å². The number of piperazine rings is 1. The molecule has 128 valence electrons. The second kappa shape index (κ2) is 5.79. The molecule has 5 nitrogen and oxygen atoms in total. The number of hydrogen-bond acceptors (Lipinski definition) is 6. The maximum absolute atomic E-state index is 14.9. The van der Waals surface area contributed by atoms with Gasteiger partial charge in [0.2, 0.25) is 0 Å². The van der Waals surface area contributed by atoms with Gasteiger partial charge in [-0.2, -0.15) is 4.98 Å². The van der Waals surface area contributed by atoms with E-state index in [1.807, 2.05) is 0 Å². The lowest BCUT2D eigenvalue weighted by Crippen LogP contribution is -2.50. The van der Waals surface area contributed by atoms with Crippen molar-refractivity contribution in [2.45, 2.75) is 17.2 Å². The lowest BCUT2D eigenvalue weighted by atomic mass is 10.1. The highest BCUT2D eigenvalue weighted by molar-refractivity contribution is 8.77. The molecule has 0 spiro atoms. The molecule has 2 aliphatic heterocycles. The number of anilines is 1. The van der Waals surface area contributed by atoms with Gasteiger partial charge in [0, 0.05) is 32.2 Å². The minimum absolute atomic E-state index is 0.142. The molecule has 1 fully saturated rings. The molecule has 1 aromatic heterocycles. The van der Waals surface area contributed by atoms with Crippen LogP contribution in [0.3, 0.4) is 0 Å². The average Bonchev–Trinajstić information content (AvgIpc) is 2.70. The predicted molar refractivity (Wildman–Crippen MR) is 98.8 cm³/mol. The third-order valence-corrected chi connectivity index (χ3v) is 7.97. The van der Waals surface area contributed by atoms with E-state index in [9.17, 15) is 9.18 Å². The van der Waals surface area contributed by atoms with Crippen LogP contribution < -0.4 is 10.6 Å². The average molecular weight is 387 g/mol. The van der Waals surface area contributed by atoms with Crippen molar-refractivity contribution in [1.29, 1.82) is 0 Å². The van der Waals surface area contributed by atoms with Crippen LogP contribution in [0.4, 0.5) is 10.2 Å². The van der Waals surface area contributed by atoms with Gasteiger partial charge in [0.1, 0.15) is 5.82 Å². The summed E-state index contributed by atoms with van der Waals surface area (Å²) in [7, 11) is 6.86. The van der Waals surface area contributed by atoms with E-state index in [0.717, 1.165) is 24.5 Å². The molecule has 0 aliphatic carbocycles. The molecule has 0 amide bonds. The van der Waals surface area contributed by atoms with Gasteiger partial charge in [0.25, 0.3) is 0 Å². The number of halogens is 2. The first-order chi connectivity index (χ1) is 11.4. The zero-order valence-corrected chi connectivity index (χ0v) is 15.9. The minimum Gasteiger partial charge on any atom is -0.340 e. The molecule has 2 aromatic rings. The van der Waals surface area contributed by atoms with Gasteiger partial charge in [-0.25, -0.2) is 9.18 Å². The molecule has 1 unspecified atom stereocenters. The number of hydrogen-bond donors (Lipinski definition) is 0. The molecular formula is C15H16ClFN4OS2. The first kappa shape index (κ1) is 16.5. The van der Waals surface area contributed by atoms with Crippen LogP contribution in [-0.2, 0) is 7.05 Å². The second-order valence-electron chi connectivity index (χ2n) is 6.17. The highest BCUT2D eigenvalue weighted by Crippen LogP contribution is 2.51. The summed E-state index contributed by atoms with van der Waals surface area (Å²) in [5.41, 5.74) is 0.213. The molecule has 0 bridgehead atoms. The Morgan fingerprint density at radius 1 is 1.33 bits per heavy atom. The van der Waals surface area contributed by atoms with Crippen molar-refractivity contribution >= 4 is 49.9 Å². The summed E-state index contributed by atoms with van der Waals surface area (Å²) in [5.74, 6) is 0.111. The van der Waals surface area contributed by atoms with E-state index in [2.05, 4.69) is 21.8 Å². The number of rotatable bonds is 0. The lowest BCUT2D eigenvalue weighted by Gasteiger charge is -2.39. The smallest absolute Gasteiger partial charge is 0.340 e. The van der Waals surface area contributed by atoms with Gasteiger partial charge >= 0.3 is 5.69 Å². The molecule has 0 radical (unpaired) electrons. The Kier molecular flexibility index (Phi) is 3.98. The molecule has 1 aromatic carbocycles. The standard InChI is InChI=1S/C15H16ClFN4OS2/c1-7-10(16)13-9-12(11(7)17)20(3)15(22)18-14(9)21-5-4-19(2)6-8(21)23-24-13/h8H,4-6H2,1-3H3. The van der Waals surface area contributed by atoms with Crippen LogP contribution in [-0.4, -0.2) is 46.5 Å². The fourth-order valence-corrected chi connectivity index (χ4v) is 6.58. The van der Waals surface area contributed by atoms with Gasteiger partial charge in [-0.1, -0.05) is 33.2 Å². The second-order valence-corrected chi connectivity index (χ2v) is 8.94. The van der Waals surface area contributed by atoms with Gasteiger partial charge < -0.3 is 9.80 Å². The summed E-state index contributed by atoms with van der Waals surface area (Å²) in [4.78, 5) is 21.8. The molecular weight excluding hydrogens is 371 g/mol. The number of fused-ring (bicyclic) bond motifs is 2. The summed E-state index contributed by atoms with van der Waals surface area (Å²) in [6, 6.07) is 0. The third kappa shape index (κ3) is 2.27. The number of benzene rings is 1. The molecule has 9 heteroatoms. The van der Waals surface area contributed by atoms with Crippen molar-refractivity contribution in [1.82, 2.24) is 14.5 Å². The van der Waals surface area contributed by atoms with E-state index >= 15 is 0 Å². The monoisotopic (exact) mass is 386 g/mol. The Bertz CT molecular complexity index is 919. The zero-order chi connectivity index (χ0) is 17.2. The van der Waals surface area contributed by atoms with Gasteiger partial charge in [-0.15, -0.1) is 0 Å². The summed E-state index contributed by atoms with van der Waals surface area (Å²) in [5, 5.41) is 1.20. The molecule has 2 aliphatic rings. The van der Waals surface area contributed by atoms with Crippen LogP contribution >= 0.6 is 33.2 Å². The summed E-state index contributed by atoms with van der Waals surface area (Å²) in [6.45, 7) is 4.12. The number of likely N-dealkylation sites (N-methyl/N-ethyl adjacent to an activating group) is 1. The van der Waals surface area contributed by atoms with Crippen molar-refractivity contribution in [2.24, 2.45) is 7.05 Å². The van der Waals surface area contributed by atoms with E-state index in [0.29, 0.717) is 21.8 Å². The first-order valence-corrected chi connectivity index (χ1v) is 10.2. The maximum atomic E-state index is 14.9. The SMILES string of the molecule is Cc1c(Cl)c2c3c(nc(=O)n(C)c3c1F)N1CCN(C)CC1SS2. The van der Waals surface area contributed by atoms with Gasteiger partial charge in [-0.3, -0.25) is 4.57 Å². The Balaban J connectivity index is 2.11. The van der Waals surface area contributed by atoms with Gasteiger partial charge in [0.05, 0.1) is 26.2 Å². The molecule has 0 saturated carbocycles. The fourth-order valence-electron chi connectivity index (χ4n) is 3.20. The molecule has 4 rings (SSSR count). The Morgan fingerprint density at radius 3 is 2.83 bits per heavy atom. The highest BCUT2D eigenvalue weighted by Gasteiger charge is 2.35. The first-order valence-electron chi connectivity index (χ1n) is 7.57. The van der Waals surface area contributed by atoms with Crippen molar-refractivity contribution in [2.75, 3.05) is 31.6 Å². The summed E-state index contributed by atoms with van der Waals surface area (Å²) >= 11 is 6.46. The third-order valence-electron chi connectivity index (χ3n) is 4.63. The Morgan fingerprint density at radius 2 is 2.08 bits per heavy atom. The number of aryl methyl sites for hydroxylation is 1. The predicted octanol–water partition coefficient (Wildman–Crippen LogP) is 2.87. The van der Waals surface area contributed by atoms with Crippen LogP contribution in [0.15, 0.2) is 9.69 Å². The van der Waals surface area contributed by atoms with Crippen molar-refractivity contribution in [3.8, 4) is 0 Å². The Hall–Kier alpha value is -0.960. The minimum atomic E-state index is -0.446. The normalized spacial score (nSPS) is 21.0. The maximum Gasteiger partial charge on any atom is 0.349 e. The largest absolute Gasteiger partial charge is 0.349 e. The van der Waals surface area contributed by atoms with E-state index in [-0.39, 0.29) is 10.9 Å². The quantitative estimate of drug-likeness (QED) is 0.648. The van der Waals surface area contributed by atoms with Crippen LogP contribution in [0.25, 0.3) is 10.9 Å². The molecule has 0 N–H and O–H groups in total. The molecule has 24 heavy (non-hydrogen) atoms. The topological polar surface area (TPSA) is 41.4 Å². The zero-order valence-electron chi connectivity index (χ0n) is 13.5. The molecule has 1 saturated heterocycles. The van der Waals surface area contributed by atoms with Crippen molar-refractivity contribution in [3.63, 3.8) is 0 Å². The summed E-state index contributed by atoms with van der Waals surface area (Å²) < 4.78 is 16.2. The Labute approximate surface area is 151 Å².